The number of carbonyl (C=O) groups is 1. The molecule has 0 amide bonds. The molecule has 0 aromatic heterocycles. The molecule has 1 rings (SSSR count). The fourth-order valence-corrected chi connectivity index (χ4v) is 1.37. The Morgan fingerprint density at radius 1 is 1.15 bits per heavy atom. The molecule has 1 aliphatic heterocycles. The summed E-state index contributed by atoms with van der Waals surface area (Å²) in [6, 6.07) is 0. The molecular formula is C6H10O6S. The van der Waals surface area contributed by atoms with Crippen molar-refractivity contribution in [2.24, 2.45) is 0 Å². The first-order chi connectivity index (χ1) is 5.95. The third kappa shape index (κ3) is 1.94. The van der Waals surface area contributed by atoms with E-state index in [4.69, 9.17) is 20.4 Å². The molecule has 1 heterocycles. The Bertz CT molecular complexity index is 209. The van der Waals surface area contributed by atoms with Gasteiger partial charge in [0.05, 0.1) is 0 Å². The molecule has 5 unspecified atom stereocenters. The lowest BCUT2D eigenvalue weighted by atomic mass is 10.0. The van der Waals surface area contributed by atoms with Crippen molar-refractivity contribution < 1.29 is 30.0 Å². The maximum Gasteiger partial charge on any atom is 0.335 e. The minimum absolute atomic E-state index is 1.11. The van der Waals surface area contributed by atoms with E-state index in [2.05, 4.69) is 17.4 Å². The van der Waals surface area contributed by atoms with Gasteiger partial charge in [0.25, 0.3) is 0 Å². The molecule has 76 valence electrons. The molecule has 0 aromatic carbocycles. The van der Waals surface area contributed by atoms with Crippen molar-refractivity contribution in [2.75, 3.05) is 0 Å². The van der Waals surface area contributed by atoms with E-state index in [1.165, 1.54) is 0 Å². The lowest BCUT2D eigenvalue weighted by Crippen LogP contribution is -2.58. The summed E-state index contributed by atoms with van der Waals surface area (Å²) in [7, 11) is 0. The molecule has 1 saturated heterocycles. The molecule has 0 saturated carbocycles. The molecule has 6 nitrogen and oxygen atoms in total. The van der Waals surface area contributed by atoms with Crippen molar-refractivity contribution in [1.82, 2.24) is 0 Å². The van der Waals surface area contributed by atoms with Gasteiger partial charge in [-0.25, -0.2) is 4.79 Å². The van der Waals surface area contributed by atoms with E-state index in [0.29, 0.717) is 0 Å². The molecule has 0 spiro atoms. The molecule has 5 atom stereocenters. The third-order valence-corrected chi connectivity index (χ3v) is 2.26. The van der Waals surface area contributed by atoms with E-state index in [0.717, 1.165) is 0 Å². The predicted molar refractivity (Wildman–Crippen MR) is 43.3 cm³/mol. The second-order valence-electron chi connectivity index (χ2n) is 2.76. The van der Waals surface area contributed by atoms with Crippen molar-refractivity contribution >= 4 is 18.6 Å². The van der Waals surface area contributed by atoms with Crippen LogP contribution >= 0.6 is 12.6 Å². The van der Waals surface area contributed by atoms with Gasteiger partial charge in [0.2, 0.25) is 0 Å². The summed E-state index contributed by atoms with van der Waals surface area (Å²) in [4.78, 5) is 10.5. The molecule has 13 heavy (non-hydrogen) atoms. The summed E-state index contributed by atoms with van der Waals surface area (Å²) < 4.78 is 4.65. The Morgan fingerprint density at radius 3 is 2.15 bits per heavy atom. The van der Waals surface area contributed by atoms with Crippen LogP contribution in [0.3, 0.4) is 0 Å². The van der Waals surface area contributed by atoms with Gasteiger partial charge in [-0.15, -0.1) is 12.6 Å². The molecule has 0 radical (unpaired) electrons. The van der Waals surface area contributed by atoms with Gasteiger partial charge in [-0.2, -0.15) is 0 Å². The van der Waals surface area contributed by atoms with Crippen LogP contribution in [0.15, 0.2) is 0 Å². The number of carboxylic acid groups (broad SMARTS) is 1. The van der Waals surface area contributed by atoms with Crippen LogP contribution < -0.4 is 0 Å². The fraction of sp³-hybridized carbons (Fsp3) is 0.833. The van der Waals surface area contributed by atoms with Gasteiger partial charge < -0.3 is 25.2 Å². The third-order valence-electron chi connectivity index (χ3n) is 1.83. The Morgan fingerprint density at radius 2 is 1.69 bits per heavy atom. The molecule has 7 heteroatoms. The van der Waals surface area contributed by atoms with Crippen molar-refractivity contribution in [3.63, 3.8) is 0 Å². The van der Waals surface area contributed by atoms with Gasteiger partial charge in [0.15, 0.2) is 6.10 Å². The van der Waals surface area contributed by atoms with E-state index in [-0.39, 0.29) is 0 Å². The molecule has 1 fully saturated rings. The zero-order valence-corrected chi connectivity index (χ0v) is 7.33. The van der Waals surface area contributed by atoms with Crippen LogP contribution in [0.4, 0.5) is 0 Å². The Hall–Kier alpha value is -0.340. The highest BCUT2D eigenvalue weighted by atomic mass is 32.1. The number of ether oxygens (including phenoxy) is 1. The number of thiol groups is 1. The predicted octanol–water partition coefficient (Wildman–Crippen LogP) is -2.19. The van der Waals surface area contributed by atoms with E-state index in [9.17, 15) is 4.79 Å². The highest BCUT2D eigenvalue weighted by molar-refractivity contribution is 7.80. The summed E-state index contributed by atoms with van der Waals surface area (Å²) in [6.45, 7) is 0. The first kappa shape index (κ1) is 10.7. The van der Waals surface area contributed by atoms with Crippen molar-refractivity contribution in [3.8, 4) is 0 Å². The van der Waals surface area contributed by atoms with Crippen LogP contribution in [0.2, 0.25) is 0 Å². The monoisotopic (exact) mass is 210 g/mol. The van der Waals surface area contributed by atoms with E-state index in [1.807, 2.05) is 0 Å². The average Bonchev–Trinajstić information content (AvgIpc) is 2.07. The SMILES string of the molecule is O=C(O)C1OC(S)C(O)C(O)C1O. The normalized spacial score (nSPS) is 46.0. The quantitative estimate of drug-likeness (QED) is 0.315. The van der Waals surface area contributed by atoms with Gasteiger partial charge in [0.1, 0.15) is 23.7 Å². The van der Waals surface area contributed by atoms with Gasteiger partial charge >= 0.3 is 5.97 Å². The van der Waals surface area contributed by atoms with E-state index < -0.39 is 35.8 Å². The van der Waals surface area contributed by atoms with Crippen LogP contribution in [0.5, 0.6) is 0 Å². The number of aliphatic hydroxyl groups is 3. The maximum absolute atomic E-state index is 10.5. The van der Waals surface area contributed by atoms with Gasteiger partial charge in [-0.3, -0.25) is 0 Å². The Kier molecular flexibility index (Phi) is 3.14. The first-order valence-electron chi connectivity index (χ1n) is 3.55. The van der Waals surface area contributed by atoms with Crippen molar-refractivity contribution in [2.45, 2.75) is 29.9 Å². The second-order valence-corrected chi connectivity index (χ2v) is 3.27. The van der Waals surface area contributed by atoms with Crippen molar-refractivity contribution in [1.29, 1.82) is 0 Å². The molecule has 0 aliphatic carbocycles. The molecule has 0 aromatic rings. The molecular weight excluding hydrogens is 200 g/mol. The number of carboxylic acids is 1. The summed E-state index contributed by atoms with van der Waals surface area (Å²) in [5, 5.41) is 35.9. The van der Waals surface area contributed by atoms with Crippen LogP contribution in [0.25, 0.3) is 0 Å². The van der Waals surface area contributed by atoms with Crippen LogP contribution in [-0.2, 0) is 9.53 Å². The first-order valence-corrected chi connectivity index (χ1v) is 4.07. The lowest BCUT2D eigenvalue weighted by Gasteiger charge is -2.36. The lowest BCUT2D eigenvalue weighted by molar-refractivity contribution is -0.208. The van der Waals surface area contributed by atoms with Crippen LogP contribution in [0.1, 0.15) is 0 Å². The number of rotatable bonds is 1. The largest absolute Gasteiger partial charge is 0.479 e. The number of hydrogen-bond donors (Lipinski definition) is 5. The number of aliphatic carboxylic acids is 1. The zero-order valence-electron chi connectivity index (χ0n) is 6.44. The fourth-order valence-electron chi connectivity index (χ4n) is 1.07. The topological polar surface area (TPSA) is 107 Å². The van der Waals surface area contributed by atoms with Gasteiger partial charge in [0, 0.05) is 0 Å². The van der Waals surface area contributed by atoms with E-state index >= 15 is 0 Å². The minimum Gasteiger partial charge on any atom is -0.479 e. The molecule has 0 bridgehead atoms. The maximum atomic E-state index is 10.5. The summed E-state index contributed by atoms with van der Waals surface area (Å²) in [5.41, 5.74) is -1.11. The Balaban J connectivity index is 2.76. The molecule has 1 aliphatic rings. The smallest absolute Gasteiger partial charge is 0.335 e. The van der Waals surface area contributed by atoms with Crippen molar-refractivity contribution in [3.05, 3.63) is 0 Å². The van der Waals surface area contributed by atoms with Gasteiger partial charge in [-0.1, -0.05) is 0 Å². The average molecular weight is 210 g/mol. The summed E-state index contributed by atoms with van der Waals surface area (Å²) >= 11 is 3.70. The molecule has 4 N–H and O–H groups in total. The zero-order chi connectivity index (χ0) is 10.2. The number of aliphatic hydroxyl groups excluding tert-OH is 3. The highest BCUT2D eigenvalue weighted by Gasteiger charge is 2.45. The van der Waals surface area contributed by atoms with Crippen LogP contribution in [-0.4, -0.2) is 56.2 Å². The number of hydrogen-bond acceptors (Lipinski definition) is 6. The summed E-state index contributed by atoms with van der Waals surface area (Å²) in [5.74, 6) is -1.41. The standard InChI is InChI=1S/C6H10O6S/c7-1-2(8)4(5(10)11)12-6(13)3(1)9/h1-4,6-9,13H,(H,10,11). The second kappa shape index (κ2) is 3.81. The Labute approximate surface area is 79.2 Å². The van der Waals surface area contributed by atoms with E-state index in [1.54, 1.807) is 0 Å². The minimum atomic E-state index is -1.64. The summed E-state index contributed by atoms with van der Waals surface area (Å²) in [6.07, 6.45) is -6.15. The van der Waals surface area contributed by atoms with Gasteiger partial charge in [-0.05, 0) is 0 Å². The van der Waals surface area contributed by atoms with Crippen LogP contribution in [0, 0.1) is 0 Å². The highest BCUT2D eigenvalue weighted by Crippen LogP contribution is 2.23.